The zero-order valence-electron chi connectivity index (χ0n) is 13.1. The molecule has 0 saturated heterocycles. The molecule has 0 radical (unpaired) electrons. The maximum atomic E-state index is 11.3. The molecular formula is C15H28BrNO2. The predicted molar refractivity (Wildman–Crippen MR) is 84.7 cm³/mol. The fraction of sp³-hybridized carbons (Fsp3) is 0.800. The lowest BCUT2D eigenvalue weighted by Gasteiger charge is -2.37. The molecule has 0 aromatic carbocycles. The highest BCUT2D eigenvalue weighted by Crippen LogP contribution is 2.18. The van der Waals surface area contributed by atoms with Gasteiger partial charge in [0.25, 0.3) is 0 Å². The summed E-state index contributed by atoms with van der Waals surface area (Å²) in [6.07, 6.45) is 0.944. The lowest BCUT2D eigenvalue weighted by molar-refractivity contribution is -0.138. The zero-order valence-corrected chi connectivity index (χ0v) is 14.7. The fourth-order valence-electron chi connectivity index (χ4n) is 2.46. The Hall–Kier alpha value is -0.350. The van der Waals surface area contributed by atoms with E-state index >= 15 is 0 Å². The van der Waals surface area contributed by atoms with Crippen molar-refractivity contribution in [3.63, 3.8) is 0 Å². The molecule has 0 aliphatic rings. The van der Waals surface area contributed by atoms with Crippen LogP contribution < -0.4 is 0 Å². The number of hydrogen-bond acceptors (Lipinski definition) is 3. The molecule has 0 saturated carbocycles. The minimum absolute atomic E-state index is 0.172. The molecule has 0 aliphatic carbocycles. The van der Waals surface area contributed by atoms with Crippen LogP contribution in [0.4, 0.5) is 0 Å². The summed E-state index contributed by atoms with van der Waals surface area (Å²) in [6.45, 7) is 16.7. The molecule has 0 amide bonds. The lowest BCUT2D eigenvalue weighted by Crippen LogP contribution is -2.44. The Labute approximate surface area is 126 Å². The van der Waals surface area contributed by atoms with Crippen LogP contribution in [0.3, 0.4) is 0 Å². The summed E-state index contributed by atoms with van der Waals surface area (Å²) in [5, 5.41) is 0. The first kappa shape index (κ1) is 18.7. The van der Waals surface area contributed by atoms with Gasteiger partial charge in [0.2, 0.25) is 0 Å². The van der Waals surface area contributed by atoms with E-state index < -0.39 is 0 Å². The normalized spacial score (nSPS) is 14.8. The third kappa shape index (κ3) is 7.11. The number of alkyl halides is 1. The molecule has 0 heterocycles. The van der Waals surface area contributed by atoms with E-state index in [1.807, 2.05) is 0 Å². The number of ether oxygens (including phenoxy) is 1. The number of halogens is 1. The maximum absolute atomic E-state index is 11.3. The van der Waals surface area contributed by atoms with E-state index in [0.717, 1.165) is 6.42 Å². The van der Waals surface area contributed by atoms with Gasteiger partial charge < -0.3 is 4.74 Å². The predicted octanol–water partition coefficient (Wildman–Crippen LogP) is 3.77. The average Bonchev–Trinajstić information content (AvgIpc) is 2.24. The summed E-state index contributed by atoms with van der Waals surface area (Å²) < 4.78 is 5.16. The summed E-state index contributed by atoms with van der Waals surface area (Å²) in [5.74, 6) is -0.318. The molecule has 0 aliphatic heterocycles. The van der Waals surface area contributed by atoms with E-state index in [-0.39, 0.29) is 10.8 Å². The molecule has 2 atom stereocenters. The second-order valence-electron chi connectivity index (χ2n) is 5.70. The van der Waals surface area contributed by atoms with Gasteiger partial charge in [0.05, 0.1) is 4.83 Å². The SMILES string of the molecule is C=C(C)C(=O)OCC(Br)CC(C)N(C(C)C)C(C)C. The van der Waals surface area contributed by atoms with Crippen LogP contribution in [0.2, 0.25) is 0 Å². The maximum Gasteiger partial charge on any atom is 0.333 e. The minimum Gasteiger partial charge on any atom is -0.461 e. The van der Waals surface area contributed by atoms with Gasteiger partial charge in [-0.05, 0) is 48.0 Å². The number of carbonyl (C=O) groups excluding carboxylic acids is 1. The first-order valence-electron chi connectivity index (χ1n) is 6.90. The molecule has 0 bridgehead atoms. The van der Waals surface area contributed by atoms with E-state index in [9.17, 15) is 4.79 Å². The van der Waals surface area contributed by atoms with Crippen molar-refractivity contribution < 1.29 is 9.53 Å². The number of rotatable bonds is 8. The Morgan fingerprint density at radius 1 is 1.21 bits per heavy atom. The number of hydrogen-bond donors (Lipinski definition) is 0. The summed E-state index contributed by atoms with van der Waals surface area (Å²) in [6, 6.07) is 1.45. The van der Waals surface area contributed by atoms with Gasteiger partial charge in [-0.1, -0.05) is 22.5 Å². The molecule has 0 rings (SSSR count). The van der Waals surface area contributed by atoms with Gasteiger partial charge >= 0.3 is 5.97 Å². The Balaban J connectivity index is 4.27. The van der Waals surface area contributed by atoms with Crippen molar-refractivity contribution in [1.82, 2.24) is 4.90 Å². The molecule has 3 nitrogen and oxygen atoms in total. The van der Waals surface area contributed by atoms with Gasteiger partial charge in [-0.15, -0.1) is 0 Å². The van der Waals surface area contributed by atoms with Crippen molar-refractivity contribution in [2.75, 3.05) is 6.61 Å². The van der Waals surface area contributed by atoms with Crippen LogP contribution in [-0.4, -0.2) is 40.4 Å². The summed E-state index contributed by atoms with van der Waals surface area (Å²) in [7, 11) is 0. The van der Waals surface area contributed by atoms with E-state index in [1.54, 1.807) is 6.92 Å². The van der Waals surface area contributed by atoms with Crippen molar-refractivity contribution in [3.05, 3.63) is 12.2 Å². The van der Waals surface area contributed by atoms with Crippen molar-refractivity contribution in [2.24, 2.45) is 0 Å². The first-order chi connectivity index (χ1) is 8.66. The molecule has 0 aromatic rings. The monoisotopic (exact) mass is 333 g/mol. The van der Waals surface area contributed by atoms with Crippen LogP contribution in [0.25, 0.3) is 0 Å². The largest absolute Gasteiger partial charge is 0.461 e. The Morgan fingerprint density at radius 3 is 2.05 bits per heavy atom. The molecule has 2 unspecified atom stereocenters. The van der Waals surface area contributed by atoms with E-state index in [2.05, 4.69) is 62.0 Å². The van der Waals surface area contributed by atoms with Gasteiger partial charge in [-0.2, -0.15) is 0 Å². The van der Waals surface area contributed by atoms with Gasteiger partial charge in [0.1, 0.15) is 6.61 Å². The van der Waals surface area contributed by atoms with E-state index in [0.29, 0.717) is 30.3 Å². The van der Waals surface area contributed by atoms with Crippen LogP contribution in [-0.2, 0) is 9.53 Å². The minimum atomic E-state index is -0.318. The molecule has 0 fully saturated rings. The molecule has 0 N–H and O–H groups in total. The number of esters is 1. The van der Waals surface area contributed by atoms with Crippen LogP contribution >= 0.6 is 15.9 Å². The molecule has 0 aromatic heterocycles. The summed E-state index contributed by atoms with van der Waals surface area (Å²) in [5.41, 5.74) is 0.443. The Morgan fingerprint density at radius 2 is 1.68 bits per heavy atom. The van der Waals surface area contributed by atoms with Gasteiger partial charge in [-0.25, -0.2) is 4.79 Å². The third-order valence-electron chi connectivity index (χ3n) is 3.04. The molecule has 19 heavy (non-hydrogen) atoms. The molecule has 0 spiro atoms. The number of nitrogens with zero attached hydrogens (tertiary/aromatic N) is 1. The third-order valence-corrected chi connectivity index (χ3v) is 3.68. The van der Waals surface area contributed by atoms with Gasteiger partial charge in [0.15, 0.2) is 0 Å². The van der Waals surface area contributed by atoms with E-state index in [1.165, 1.54) is 0 Å². The van der Waals surface area contributed by atoms with Crippen LogP contribution in [0.5, 0.6) is 0 Å². The highest BCUT2D eigenvalue weighted by Gasteiger charge is 2.22. The molecule has 4 heteroatoms. The molecule has 112 valence electrons. The van der Waals surface area contributed by atoms with Crippen LogP contribution in [0.1, 0.15) is 48.0 Å². The Bertz CT molecular complexity index is 295. The highest BCUT2D eigenvalue weighted by atomic mass is 79.9. The van der Waals surface area contributed by atoms with Crippen molar-refractivity contribution in [3.8, 4) is 0 Å². The second kappa shape index (κ2) is 8.75. The average molecular weight is 334 g/mol. The summed E-state index contributed by atoms with van der Waals surface area (Å²) in [4.78, 5) is 14.0. The van der Waals surface area contributed by atoms with Crippen LogP contribution in [0.15, 0.2) is 12.2 Å². The molecular weight excluding hydrogens is 306 g/mol. The highest BCUT2D eigenvalue weighted by molar-refractivity contribution is 9.09. The van der Waals surface area contributed by atoms with Gasteiger partial charge in [0, 0.05) is 23.7 Å². The summed E-state index contributed by atoms with van der Waals surface area (Å²) >= 11 is 3.59. The standard InChI is InChI=1S/C15H28BrNO2/c1-10(2)15(18)19-9-14(16)8-13(7)17(11(3)4)12(5)6/h11-14H,1,8-9H2,2-7H3. The van der Waals surface area contributed by atoms with Crippen LogP contribution in [0, 0.1) is 0 Å². The first-order valence-corrected chi connectivity index (χ1v) is 7.82. The van der Waals surface area contributed by atoms with E-state index in [4.69, 9.17) is 4.74 Å². The lowest BCUT2D eigenvalue weighted by atomic mass is 10.1. The smallest absolute Gasteiger partial charge is 0.333 e. The van der Waals surface area contributed by atoms with Crippen molar-refractivity contribution >= 4 is 21.9 Å². The zero-order chi connectivity index (χ0) is 15.2. The second-order valence-corrected chi connectivity index (χ2v) is 6.99. The van der Waals surface area contributed by atoms with Crippen molar-refractivity contribution in [2.45, 2.75) is 70.9 Å². The van der Waals surface area contributed by atoms with Crippen molar-refractivity contribution in [1.29, 1.82) is 0 Å². The topological polar surface area (TPSA) is 29.5 Å². The van der Waals surface area contributed by atoms with Gasteiger partial charge in [-0.3, -0.25) is 4.90 Å². The Kier molecular flexibility index (Phi) is 8.59. The fourth-order valence-corrected chi connectivity index (χ4v) is 3.14. The quantitative estimate of drug-likeness (QED) is 0.384. The number of carbonyl (C=O) groups is 1.